The number of nitrogens with one attached hydrogen (secondary N) is 2. The molecule has 1 fully saturated rings. The molecule has 0 amide bonds. The molecule has 0 unspecified atom stereocenters. The third-order valence-electron chi connectivity index (χ3n) is 5.63. The Labute approximate surface area is 162 Å². The number of hydrogen-bond donors (Lipinski definition) is 3. The quantitative estimate of drug-likeness (QED) is 0.501. The molecule has 4 aromatic rings. The summed E-state index contributed by atoms with van der Waals surface area (Å²) in [6.45, 7) is 0. The summed E-state index contributed by atoms with van der Waals surface area (Å²) < 4.78 is 7.30. The first-order valence-electron chi connectivity index (χ1n) is 9.66. The average Bonchev–Trinajstić information content (AvgIpc) is 3.33. The number of ether oxygens (including phenoxy) is 1. The second kappa shape index (κ2) is 6.83. The monoisotopic (exact) mass is 377 g/mol. The van der Waals surface area contributed by atoms with Gasteiger partial charge >= 0.3 is 0 Å². The lowest BCUT2D eigenvalue weighted by atomic mass is 9.93. The average molecular weight is 377 g/mol. The molecule has 0 bridgehead atoms. The predicted molar refractivity (Wildman–Crippen MR) is 109 cm³/mol. The van der Waals surface area contributed by atoms with Crippen molar-refractivity contribution in [3.8, 4) is 17.1 Å². The highest BCUT2D eigenvalue weighted by Gasteiger charge is 2.21. The fourth-order valence-electron chi connectivity index (χ4n) is 4.06. The van der Waals surface area contributed by atoms with Gasteiger partial charge in [0, 0.05) is 18.5 Å². The Morgan fingerprint density at radius 1 is 1.18 bits per heavy atom. The fourth-order valence-corrected chi connectivity index (χ4v) is 4.06. The lowest BCUT2D eigenvalue weighted by molar-refractivity contribution is 0.0681. The highest BCUT2D eigenvalue weighted by molar-refractivity contribution is 5.89. The molecule has 28 heavy (non-hydrogen) atoms. The van der Waals surface area contributed by atoms with Crippen molar-refractivity contribution < 1.29 is 9.84 Å². The number of aromatic hydroxyl groups is 1. The molecular formula is C21H23N5O2. The molecule has 3 heterocycles. The van der Waals surface area contributed by atoms with Crippen molar-refractivity contribution in [2.75, 3.05) is 12.4 Å². The van der Waals surface area contributed by atoms with Crippen LogP contribution < -0.4 is 5.32 Å². The van der Waals surface area contributed by atoms with Gasteiger partial charge in [-0.05, 0) is 49.9 Å². The number of anilines is 1. The minimum absolute atomic E-state index is 0.236. The molecule has 7 heteroatoms. The number of aromatic amines is 1. The van der Waals surface area contributed by atoms with Crippen LogP contribution in [0.5, 0.6) is 5.75 Å². The number of phenolic OH excluding ortho intramolecular Hbond substituents is 1. The van der Waals surface area contributed by atoms with Gasteiger partial charge in [0.05, 0.1) is 23.5 Å². The minimum atomic E-state index is 0.236. The second-order valence-electron chi connectivity index (χ2n) is 7.41. The van der Waals surface area contributed by atoms with Crippen molar-refractivity contribution in [3.05, 3.63) is 42.6 Å². The zero-order chi connectivity index (χ0) is 19.1. The van der Waals surface area contributed by atoms with Gasteiger partial charge in [-0.15, -0.1) is 5.10 Å². The van der Waals surface area contributed by atoms with Crippen LogP contribution in [0.3, 0.4) is 0 Å². The van der Waals surface area contributed by atoms with Crippen LogP contribution in [0.4, 0.5) is 5.82 Å². The second-order valence-corrected chi connectivity index (χ2v) is 7.41. The van der Waals surface area contributed by atoms with Gasteiger partial charge in [-0.25, -0.2) is 9.50 Å². The van der Waals surface area contributed by atoms with Gasteiger partial charge in [0.1, 0.15) is 17.3 Å². The van der Waals surface area contributed by atoms with Gasteiger partial charge < -0.3 is 20.1 Å². The summed E-state index contributed by atoms with van der Waals surface area (Å²) in [6.07, 6.45) is 6.49. The van der Waals surface area contributed by atoms with E-state index in [1.807, 2.05) is 34.8 Å². The van der Waals surface area contributed by atoms with Crippen LogP contribution in [0.25, 0.3) is 27.9 Å². The molecule has 5 rings (SSSR count). The zero-order valence-corrected chi connectivity index (χ0v) is 15.7. The van der Waals surface area contributed by atoms with E-state index in [2.05, 4.69) is 15.3 Å². The maximum Gasteiger partial charge on any atom is 0.154 e. The van der Waals surface area contributed by atoms with E-state index in [1.54, 1.807) is 19.4 Å². The predicted octanol–water partition coefficient (Wildman–Crippen LogP) is 3.95. The highest BCUT2D eigenvalue weighted by atomic mass is 16.5. The van der Waals surface area contributed by atoms with Crippen LogP contribution in [0.1, 0.15) is 25.7 Å². The molecule has 1 aliphatic carbocycles. The number of benzene rings is 1. The van der Waals surface area contributed by atoms with Gasteiger partial charge in [0.15, 0.2) is 5.65 Å². The maximum atomic E-state index is 10.1. The normalized spacial score (nSPS) is 20.0. The van der Waals surface area contributed by atoms with Gasteiger partial charge in [-0.2, -0.15) is 0 Å². The first-order chi connectivity index (χ1) is 13.7. The molecule has 0 saturated heterocycles. The third kappa shape index (κ3) is 2.97. The van der Waals surface area contributed by atoms with Crippen LogP contribution in [0, 0.1) is 0 Å². The van der Waals surface area contributed by atoms with Gasteiger partial charge in [0.2, 0.25) is 0 Å². The van der Waals surface area contributed by atoms with E-state index >= 15 is 0 Å². The Hall–Kier alpha value is -3.06. The Morgan fingerprint density at radius 2 is 2.04 bits per heavy atom. The van der Waals surface area contributed by atoms with Crippen LogP contribution in [0.15, 0.2) is 42.6 Å². The number of H-pyrrole nitrogens is 1. The first kappa shape index (κ1) is 17.1. The van der Waals surface area contributed by atoms with Crippen LogP contribution >= 0.6 is 0 Å². The lowest BCUT2D eigenvalue weighted by Crippen LogP contribution is -2.29. The van der Waals surface area contributed by atoms with Crippen molar-refractivity contribution in [3.63, 3.8) is 0 Å². The fraction of sp³-hybridized carbons (Fsp3) is 0.333. The highest BCUT2D eigenvalue weighted by Crippen LogP contribution is 2.30. The van der Waals surface area contributed by atoms with E-state index in [9.17, 15) is 5.11 Å². The first-order valence-corrected chi connectivity index (χ1v) is 9.66. The number of methoxy groups -OCH3 is 1. The molecule has 0 radical (unpaired) electrons. The summed E-state index contributed by atoms with van der Waals surface area (Å²) in [7, 11) is 1.79. The van der Waals surface area contributed by atoms with Crippen molar-refractivity contribution in [2.24, 2.45) is 0 Å². The molecule has 1 saturated carbocycles. The number of para-hydroxylation sites is 1. The maximum absolute atomic E-state index is 10.1. The number of rotatable bonds is 4. The number of nitrogens with zero attached hydrogens (tertiary/aromatic N) is 3. The summed E-state index contributed by atoms with van der Waals surface area (Å²) >= 11 is 0. The zero-order valence-electron chi connectivity index (χ0n) is 15.7. The Morgan fingerprint density at radius 3 is 2.82 bits per heavy atom. The van der Waals surface area contributed by atoms with E-state index in [0.717, 1.165) is 59.4 Å². The third-order valence-corrected chi connectivity index (χ3v) is 5.63. The minimum Gasteiger partial charge on any atom is -0.506 e. The Kier molecular flexibility index (Phi) is 4.16. The topological polar surface area (TPSA) is 87.5 Å². The molecule has 3 aromatic heterocycles. The van der Waals surface area contributed by atoms with E-state index in [-0.39, 0.29) is 5.75 Å². The van der Waals surface area contributed by atoms with Gasteiger partial charge in [0.25, 0.3) is 0 Å². The molecule has 0 aliphatic heterocycles. The Balaban J connectivity index is 1.45. The van der Waals surface area contributed by atoms with E-state index in [1.165, 1.54) is 0 Å². The van der Waals surface area contributed by atoms with Crippen LogP contribution in [0.2, 0.25) is 0 Å². The van der Waals surface area contributed by atoms with Crippen LogP contribution in [-0.4, -0.2) is 43.9 Å². The van der Waals surface area contributed by atoms with E-state index < -0.39 is 0 Å². The lowest BCUT2D eigenvalue weighted by Gasteiger charge is -2.28. The van der Waals surface area contributed by atoms with E-state index in [0.29, 0.717) is 12.1 Å². The molecule has 1 aliphatic rings. The van der Waals surface area contributed by atoms with Crippen molar-refractivity contribution in [2.45, 2.75) is 37.8 Å². The summed E-state index contributed by atoms with van der Waals surface area (Å²) in [5, 5.41) is 19.3. The summed E-state index contributed by atoms with van der Waals surface area (Å²) in [4.78, 5) is 7.76. The van der Waals surface area contributed by atoms with Crippen molar-refractivity contribution in [1.29, 1.82) is 0 Å². The summed E-state index contributed by atoms with van der Waals surface area (Å²) in [5.41, 5.74) is 3.23. The number of imidazole rings is 1. The Bertz CT molecular complexity index is 1120. The van der Waals surface area contributed by atoms with Crippen molar-refractivity contribution in [1.82, 2.24) is 19.6 Å². The summed E-state index contributed by atoms with van der Waals surface area (Å²) in [6, 6.07) is 11.8. The molecule has 0 atom stereocenters. The van der Waals surface area contributed by atoms with Crippen LogP contribution in [-0.2, 0) is 4.74 Å². The van der Waals surface area contributed by atoms with E-state index in [4.69, 9.17) is 9.84 Å². The number of hydrogen-bond acceptors (Lipinski definition) is 5. The molecular weight excluding hydrogens is 354 g/mol. The SMILES string of the molecule is COC1CCC(Nc2ccc3ncc(-c4cc5cccc(O)c5[nH]4)n3n2)CC1. The smallest absolute Gasteiger partial charge is 0.154 e. The molecule has 7 nitrogen and oxygen atoms in total. The largest absolute Gasteiger partial charge is 0.506 e. The van der Waals surface area contributed by atoms with Crippen molar-refractivity contribution >= 4 is 22.4 Å². The molecule has 144 valence electrons. The van der Waals surface area contributed by atoms with Gasteiger partial charge in [-0.1, -0.05) is 12.1 Å². The molecule has 1 aromatic carbocycles. The standard InChI is InChI=1S/C21H23N5O2/c1-28-15-7-5-14(6-8-15)23-19-9-10-20-22-12-17(26(20)25-19)16-11-13-3-2-4-18(27)21(13)24-16/h2-4,9-12,14-15,24,27H,5-8H2,1H3,(H,23,25). The summed E-state index contributed by atoms with van der Waals surface area (Å²) in [5.74, 6) is 1.08. The number of fused-ring (bicyclic) bond motifs is 2. The molecule has 3 N–H and O–H groups in total. The molecule has 0 spiro atoms. The number of phenols is 1. The van der Waals surface area contributed by atoms with Gasteiger partial charge in [-0.3, -0.25) is 0 Å². The number of aromatic nitrogens is 4.